The Labute approximate surface area is 289 Å². The Morgan fingerprint density at radius 2 is 0.646 bits per heavy atom. The van der Waals surface area contributed by atoms with Crippen LogP contribution in [0.2, 0.25) is 0 Å². The molecule has 3 heteroatoms. The predicted molar refractivity (Wildman–Crippen MR) is 210 cm³/mol. The zero-order valence-electron chi connectivity index (χ0n) is 27.6. The van der Waals surface area contributed by atoms with Gasteiger partial charge < -0.3 is 0 Å². The van der Waals surface area contributed by atoms with Crippen LogP contribution in [0.3, 0.4) is 0 Å². The number of rotatable bonds is 4. The first-order valence-corrected chi connectivity index (χ1v) is 25.3. The average Bonchev–Trinajstić information content (AvgIpc) is 3.13. The van der Waals surface area contributed by atoms with Crippen LogP contribution < -0.4 is 40.1 Å². The molecule has 7 aromatic rings. The Morgan fingerprint density at radius 1 is 0.333 bits per heavy atom. The van der Waals surface area contributed by atoms with E-state index in [1.165, 1.54) is 60.1 Å². The van der Waals surface area contributed by atoms with Gasteiger partial charge >= 0.3 is 291 Å². The van der Waals surface area contributed by atoms with Crippen molar-refractivity contribution in [3.05, 3.63) is 187 Å². The summed E-state index contributed by atoms with van der Waals surface area (Å²) in [6.45, 7) is 6.86. The van der Waals surface area contributed by atoms with Crippen LogP contribution in [0.4, 0.5) is 17.1 Å². The molecule has 0 atom stereocenters. The molecule has 2 aliphatic rings. The second-order valence-electron chi connectivity index (χ2n) is 13.5. The number of hydrogen-bond acceptors (Lipinski definition) is 1. The van der Waals surface area contributed by atoms with Gasteiger partial charge in [-0.2, -0.15) is 0 Å². The van der Waals surface area contributed by atoms with Crippen LogP contribution in [0.1, 0.15) is 16.7 Å². The molecular formula is C45H37Ge2N. The van der Waals surface area contributed by atoms with Gasteiger partial charge in [-0.3, -0.25) is 0 Å². The fourth-order valence-corrected chi connectivity index (χ4v) is 31.8. The van der Waals surface area contributed by atoms with E-state index in [0.717, 1.165) is 0 Å². The Kier molecular flexibility index (Phi) is 6.93. The molecule has 0 spiro atoms. The minimum atomic E-state index is -3.60. The van der Waals surface area contributed by atoms with E-state index in [1.807, 2.05) is 0 Å². The molecule has 7 aromatic carbocycles. The fourth-order valence-electron chi connectivity index (χ4n) is 8.87. The molecule has 0 saturated heterocycles. The molecule has 2 aliphatic heterocycles. The summed E-state index contributed by atoms with van der Waals surface area (Å²) in [7, 11) is 0. The van der Waals surface area contributed by atoms with Crippen LogP contribution in [0.25, 0.3) is 0 Å². The Bertz CT molecular complexity index is 2070. The number of benzene rings is 7. The quantitative estimate of drug-likeness (QED) is 0.217. The predicted octanol–water partition coefficient (Wildman–Crippen LogP) is 5.46. The van der Waals surface area contributed by atoms with Crippen LogP contribution in [0.15, 0.2) is 170 Å². The third-order valence-electron chi connectivity index (χ3n) is 10.7. The first-order chi connectivity index (χ1) is 23.5. The molecule has 0 aromatic heterocycles. The fraction of sp³-hybridized carbons (Fsp3) is 0.0667. The summed E-state index contributed by atoms with van der Waals surface area (Å²) in [6, 6.07) is 65.8. The van der Waals surface area contributed by atoms with E-state index >= 15 is 0 Å². The van der Waals surface area contributed by atoms with Crippen molar-refractivity contribution in [1.29, 1.82) is 0 Å². The van der Waals surface area contributed by atoms with E-state index in [9.17, 15) is 0 Å². The third-order valence-corrected chi connectivity index (χ3v) is 30.8. The number of aryl methyl sites for hydroxylation is 3. The van der Waals surface area contributed by atoms with E-state index in [4.69, 9.17) is 0 Å². The van der Waals surface area contributed by atoms with Crippen LogP contribution in [-0.2, 0) is 0 Å². The monoisotopic (exact) mass is 739 g/mol. The van der Waals surface area contributed by atoms with Gasteiger partial charge in [0.1, 0.15) is 0 Å². The average molecular weight is 737 g/mol. The van der Waals surface area contributed by atoms with Crippen molar-refractivity contribution in [2.45, 2.75) is 20.8 Å². The number of nitrogens with zero attached hydrogens (tertiary/aromatic N) is 1. The van der Waals surface area contributed by atoms with Crippen molar-refractivity contribution >= 4 is 78.8 Å². The van der Waals surface area contributed by atoms with Crippen LogP contribution in [-0.4, -0.2) is 26.5 Å². The second kappa shape index (κ2) is 11.3. The van der Waals surface area contributed by atoms with Crippen molar-refractivity contribution in [2.75, 3.05) is 4.90 Å². The summed E-state index contributed by atoms with van der Waals surface area (Å²) in [5.74, 6) is 0. The minimum absolute atomic E-state index is 1.31. The van der Waals surface area contributed by atoms with Crippen molar-refractivity contribution in [3.8, 4) is 0 Å². The molecule has 48 heavy (non-hydrogen) atoms. The first kappa shape index (κ1) is 29.6. The standard InChI is InChI=1S/C45H37Ge2N/c1-32-24-26-43-39(28-32)46(35-16-8-4-9-17-35,36-18-10-5-11-19-36)41-30-34(3)31-42-45(41)48(43)44-27-25-33(2)29-40(44)47(42,37-20-12-6-13-21-37)38-22-14-7-15-23-38/h4-31H,1-3H3. The van der Waals surface area contributed by atoms with Gasteiger partial charge in [-0.05, 0) is 0 Å². The van der Waals surface area contributed by atoms with E-state index in [1.54, 1.807) is 8.79 Å². The second-order valence-corrected chi connectivity index (χ2v) is 29.2. The van der Waals surface area contributed by atoms with Gasteiger partial charge in [0.05, 0.1) is 0 Å². The SMILES string of the molecule is Cc1ccc2[c](c1)[Ge]([c]1ccccc1)([c]1ccccc1)[c]1cc(C)c[c]3c1N2c1ccc(C)c[c]1[Ge]3([c]1ccccc1)[c]1ccccc1. The molecule has 0 amide bonds. The van der Waals surface area contributed by atoms with E-state index in [2.05, 4.69) is 196 Å². The molecule has 0 radical (unpaired) electrons. The van der Waals surface area contributed by atoms with Crippen molar-refractivity contribution in [1.82, 2.24) is 0 Å². The topological polar surface area (TPSA) is 3.24 Å². The van der Waals surface area contributed by atoms with Gasteiger partial charge in [0.2, 0.25) is 0 Å². The van der Waals surface area contributed by atoms with Crippen LogP contribution in [0, 0.1) is 20.8 Å². The van der Waals surface area contributed by atoms with Gasteiger partial charge in [0.25, 0.3) is 0 Å². The zero-order valence-corrected chi connectivity index (χ0v) is 31.8. The van der Waals surface area contributed by atoms with Gasteiger partial charge in [0.15, 0.2) is 0 Å². The number of fused-ring (bicyclic) bond motifs is 4. The summed E-state index contributed by atoms with van der Waals surface area (Å²) < 4.78 is 12.1. The molecule has 9 rings (SSSR count). The maximum absolute atomic E-state index is 3.60. The molecule has 0 unspecified atom stereocenters. The zero-order chi connectivity index (χ0) is 32.5. The molecule has 0 fully saturated rings. The molecule has 0 saturated carbocycles. The van der Waals surface area contributed by atoms with E-state index in [0.29, 0.717) is 0 Å². The van der Waals surface area contributed by atoms with Crippen molar-refractivity contribution in [2.24, 2.45) is 0 Å². The molecule has 230 valence electrons. The summed E-state index contributed by atoms with van der Waals surface area (Å²) in [4.78, 5) is 2.68. The molecular weight excluding hydrogens is 700 g/mol. The summed E-state index contributed by atoms with van der Waals surface area (Å²) in [5, 5.41) is 0. The molecule has 0 aliphatic carbocycles. The summed E-state index contributed by atoms with van der Waals surface area (Å²) in [5.41, 5.74) is 8.09. The van der Waals surface area contributed by atoms with Crippen LogP contribution in [0.5, 0.6) is 0 Å². The van der Waals surface area contributed by atoms with E-state index < -0.39 is 26.5 Å². The first-order valence-electron chi connectivity index (χ1n) is 16.9. The van der Waals surface area contributed by atoms with Gasteiger partial charge in [-0.15, -0.1) is 0 Å². The number of anilines is 3. The van der Waals surface area contributed by atoms with Gasteiger partial charge in [-0.25, -0.2) is 0 Å². The normalized spacial score (nSPS) is 14.9. The summed E-state index contributed by atoms with van der Waals surface area (Å²) >= 11 is -7.21. The molecule has 1 nitrogen and oxygen atoms in total. The number of hydrogen-bond donors (Lipinski definition) is 0. The molecule has 0 bridgehead atoms. The third kappa shape index (κ3) is 4.04. The van der Waals surface area contributed by atoms with Crippen molar-refractivity contribution < 1.29 is 0 Å². The Morgan fingerprint density at radius 3 is 0.979 bits per heavy atom. The van der Waals surface area contributed by atoms with Gasteiger partial charge in [-0.1, -0.05) is 0 Å². The van der Waals surface area contributed by atoms with Crippen molar-refractivity contribution in [3.63, 3.8) is 0 Å². The van der Waals surface area contributed by atoms with Gasteiger partial charge in [0, 0.05) is 0 Å². The van der Waals surface area contributed by atoms with Crippen LogP contribution >= 0.6 is 0 Å². The Hall–Kier alpha value is -4.57. The van der Waals surface area contributed by atoms with E-state index in [-0.39, 0.29) is 0 Å². The Balaban J connectivity index is 1.55. The summed E-state index contributed by atoms with van der Waals surface area (Å²) in [6.07, 6.45) is 0. The molecule has 0 N–H and O–H groups in total. The molecule has 2 heterocycles. The maximum atomic E-state index is 2.68.